The van der Waals surface area contributed by atoms with Gasteiger partial charge in [0, 0.05) is 25.0 Å². The zero-order chi connectivity index (χ0) is 14.6. The summed E-state index contributed by atoms with van der Waals surface area (Å²) in [4.78, 5) is 24.6. The largest absolute Gasteiger partial charge is 0.480 e. The third-order valence-corrected chi connectivity index (χ3v) is 3.73. The molecule has 5 nitrogen and oxygen atoms in total. The van der Waals surface area contributed by atoms with Crippen molar-refractivity contribution in [1.82, 2.24) is 10.2 Å². The van der Waals surface area contributed by atoms with Crippen LogP contribution in [0.1, 0.15) is 34.1 Å². The monoisotopic (exact) mass is 270 g/mol. The Balaban J connectivity index is 2.64. The van der Waals surface area contributed by atoms with E-state index >= 15 is 0 Å². The van der Waals surface area contributed by atoms with E-state index in [9.17, 15) is 9.59 Å². The van der Waals surface area contributed by atoms with Gasteiger partial charge in [0.1, 0.15) is 0 Å². The third-order valence-electron chi connectivity index (χ3n) is 3.73. The second kappa shape index (κ2) is 6.89. The van der Waals surface area contributed by atoms with Crippen LogP contribution in [0, 0.1) is 17.8 Å². The van der Waals surface area contributed by atoms with Gasteiger partial charge in [-0.25, -0.2) is 0 Å². The molecule has 19 heavy (non-hydrogen) atoms. The first-order valence-electron chi connectivity index (χ1n) is 7.04. The molecule has 2 unspecified atom stereocenters. The van der Waals surface area contributed by atoms with E-state index < -0.39 is 5.97 Å². The van der Waals surface area contributed by atoms with Crippen molar-refractivity contribution >= 4 is 11.9 Å². The number of aliphatic carboxylic acids is 1. The number of carbonyl (C=O) groups excluding carboxylic acids is 1. The van der Waals surface area contributed by atoms with Crippen molar-refractivity contribution in [3.05, 3.63) is 0 Å². The van der Waals surface area contributed by atoms with Crippen molar-refractivity contribution < 1.29 is 14.7 Å². The van der Waals surface area contributed by atoms with Crippen LogP contribution in [-0.2, 0) is 9.59 Å². The quantitative estimate of drug-likeness (QED) is 0.787. The number of nitrogens with one attached hydrogen (secondary N) is 1. The van der Waals surface area contributed by atoms with Crippen LogP contribution in [0.3, 0.4) is 0 Å². The van der Waals surface area contributed by atoms with Gasteiger partial charge in [0.05, 0.1) is 6.54 Å². The molecule has 110 valence electrons. The van der Waals surface area contributed by atoms with Gasteiger partial charge in [-0.3, -0.25) is 14.5 Å². The normalized spacial score (nSPS) is 24.7. The molecule has 1 aliphatic rings. The zero-order valence-electron chi connectivity index (χ0n) is 12.3. The lowest BCUT2D eigenvalue weighted by Gasteiger charge is -2.39. The Hall–Kier alpha value is -1.10. The molecule has 0 aromatic rings. The fourth-order valence-corrected chi connectivity index (χ4v) is 2.51. The van der Waals surface area contributed by atoms with Gasteiger partial charge in [0.2, 0.25) is 5.91 Å². The van der Waals surface area contributed by atoms with Crippen LogP contribution in [0.25, 0.3) is 0 Å². The minimum absolute atomic E-state index is 0.0349. The Bertz CT molecular complexity index is 329. The number of carbonyl (C=O) groups is 2. The highest BCUT2D eigenvalue weighted by atomic mass is 16.4. The highest BCUT2D eigenvalue weighted by Gasteiger charge is 2.30. The molecule has 0 aromatic heterocycles. The van der Waals surface area contributed by atoms with E-state index in [1.807, 2.05) is 18.7 Å². The van der Waals surface area contributed by atoms with Gasteiger partial charge in [0.25, 0.3) is 0 Å². The molecule has 5 heteroatoms. The number of likely N-dealkylation sites (tertiary alicyclic amines) is 1. The summed E-state index contributed by atoms with van der Waals surface area (Å²) in [7, 11) is 0. The van der Waals surface area contributed by atoms with Gasteiger partial charge in [0.15, 0.2) is 0 Å². The van der Waals surface area contributed by atoms with E-state index in [-0.39, 0.29) is 24.4 Å². The smallest absolute Gasteiger partial charge is 0.317 e. The Morgan fingerprint density at radius 2 is 1.89 bits per heavy atom. The zero-order valence-corrected chi connectivity index (χ0v) is 12.3. The summed E-state index contributed by atoms with van der Waals surface area (Å²) in [5.41, 5.74) is 0. The maximum atomic E-state index is 11.8. The first-order chi connectivity index (χ1) is 8.79. The van der Waals surface area contributed by atoms with Crippen molar-refractivity contribution in [3.8, 4) is 0 Å². The number of hydrogen-bond acceptors (Lipinski definition) is 3. The van der Waals surface area contributed by atoms with Crippen LogP contribution in [0.5, 0.6) is 0 Å². The topological polar surface area (TPSA) is 69.6 Å². The number of carboxylic acid groups (broad SMARTS) is 1. The molecule has 0 spiro atoms. The summed E-state index contributed by atoms with van der Waals surface area (Å²) < 4.78 is 0. The summed E-state index contributed by atoms with van der Waals surface area (Å²) in [6.07, 6.45) is 0.937. The van der Waals surface area contributed by atoms with Gasteiger partial charge in [-0.1, -0.05) is 27.7 Å². The third kappa shape index (κ3) is 5.19. The Kier molecular flexibility index (Phi) is 5.79. The summed E-state index contributed by atoms with van der Waals surface area (Å²) in [6.45, 7) is 9.52. The van der Waals surface area contributed by atoms with Gasteiger partial charge in [-0.15, -0.1) is 0 Å². The number of hydrogen-bond donors (Lipinski definition) is 2. The Morgan fingerprint density at radius 1 is 1.26 bits per heavy atom. The fourth-order valence-electron chi connectivity index (χ4n) is 2.51. The summed E-state index contributed by atoms with van der Waals surface area (Å²) >= 11 is 0. The molecule has 2 atom stereocenters. The molecule has 0 radical (unpaired) electrons. The van der Waals surface area contributed by atoms with E-state index in [0.29, 0.717) is 18.4 Å². The van der Waals surface area contributed by atoms with Crippen LogP contribution < -0.4 is 5.32 Å². The highest BCUT2D eigenvalue weighted by Crippen LogP contribution is 2.24. The van der Waals surface area contributed by atoms with E-state index in [1.54, 1.807) is 0 Å². The van der Waals surface area contributed by atoms with E-state index in [0.717, 1.165) is 13.0 Å². The molecular weight excluding hydrogens is 244 g/mol. The predicted octanol–water partition coefficient (Wildman–Crippen LogP) is 1.19. The van der Waals surface area contributed by atoms with Crippen LogP contribution in [0.4, 0.5) is 0 Å². The first kappa shape index (κ1) is 16.0. The van der Waals surface area contributed by atoms with Crippen LogP contribution in [0.2, 0.25) is 0 Å². The van der Waals surface area contributed by atoms with Crippen molar-refractivity contribution in [2.75, 3.05) is 19.6 Å². The number of rotatable bonds is 5. The SMILES string of the molecule is CC(C)C(=O)NC1CC(C(C)C)CN(CC(=O)O)C1. The molecule has 1 fully saturated rings. The number of amides is 1. The molecule has 1 rings (SSSR count). The van der Waals surface area contributed by atoms with E-state index in [2.05, 4.69) is 19.2 Å². The van der Waals surface area contributed by atoms with Crippen LogP contribution in [0.15, 0.2) is 0 Å². The second-order valence-corrected chi connectivity index (χ2v) is 6.19. The molecule has 2 N–H and O–H groups in total. The van der Waals surface area contributed by atoms with Crippen LogP contribution in [-0.4, -0.2) is 47.6 Å². The molecule has 1 saturated heterocycles. The average Bonchev–Trinajstić information content (AvgIpc) is 2.27. The Labute approximate surface area is 115 Å². The lowest BCUT2D eigenvalue weighted by molar-refractivity contribution is -0.139. The van der Waals surface area contributed by atoms with Crippen molar-refractivity contribution in [2.24, 2.45) is 17.8 Å². The van der Waals surface area contributed by atoms with E-state index in [4.69, 9.17) is 5.11 Å². The number of nitrogens with zero attached hydrogens (tertiary/aromatic N) is 1. The minimum Gasteiger partial charge on any atom is -0.480 e. The van der Waals surface area contributed by atoms with Crippen molar-refractivity contribution in [3.63, 3.8) is 0 Å². The standard InChI is InChI=1S/C14H26N2O3/c1-9(2)11-5-12(15-14(19)10(3)4)7-16(6-11)8-13(17)18/h9-12H,5-8H2,1-4H3,(H,15,19)(H,17,18). The van der Waals surface area contributed by atoms with Gasteiger partial charge in [-0.2, -0.15) is 0 Å². The van der Waals surface area contributed by atoms with Gasteiger partial charge in [-0.05, 0) is 18.3 Å². The lowest BCUT2D eigenvalue weighted by atomic mass is 9.85. The summed E-state index contributed by atoms with van der Waals surface area (Å²) in [5, 5.41) is 12.0. The fraction of sp³-hybridized carbons (Fsp3) is 0.857. The molecule has 0 saturated carbocycles. The van der Waals surface area contributed by atoms with E-state index in [1.165, 1.54) is 0 Å². The summed E-state index contributed by atoms with van der Waals surface area (Å²) in [5.74, 6) is 0.135. The second-order valence-electron chi connectivity index (χ2n) is 6.19. The molecular formula is C14H26N2O3. The van der Waals surface area contributed by atoms with Crippen LogP contribution >= 0.6 is 0 Å². The molecule has 1 amide bonds. The molecule has 0 bridgehead atoms. The lowest BCUT2D eigenvalue weighted by Crippen LogP contribution is -2.53. The Morgan fingerprint density at radius 3 is 2.37 bits per heavy atom. The number of piperidine rings is 1. The maximum absolute atomic E-state index is 11.8. The predicted molar refractivity (Wildman–Crippen MR) is 73.8 cm³/mol. The van der Waals surface area contributed by atoms with Gasteiger partial charge >= 0.3 is 5.97 Å². The molecule has 0 aromatic carbocycles. The number of carboxylic acids is 1. The molecule has 1 aliphatic heterocycles. The van der Waals surface area contributed by atoms with Crippen molar-refractivity contribution in [1.29, 1.82) is 0 Å². The van der Waals surface area contributed by atoms with Gasteiger partial charge < -0.3 is 10.4 Å². The first-order valence-corrected chi connectivity index (χ1v) is 7.04. The highest BCUT2D eigenvalue weighted by molar-refractivity contribution is 5.78. The maximum Gasteiger partial charge on any atom is 0.317 e. The average molecular weight is 270 g/mol. The molecule has 0 aliphatic carbocycles. The molecule has 1 heterocycles. The van der Waals surface area contributed by atoms with Crippen molar-refractivity contribution in [2.45, 2.75) is 40.2 Å². The minimum atomic E-state index is -0.807. The summed E-state index contributed by atoms with van der Waals surface area (Å²) in [6, 6.07) is 0.0652.